The summed E-state index contributed by atoms with van der Waals surface area (Å²) in [7, 11) is 0. The zero-order chi connectivity index (χ0) is 16.0. The molecule has 0 spiro atoms. The van der Waals surface area contributed by atoms with Gasteiger partial charge in [0.15, 0.2) is 0 Å². The van der Waals surface area contributed by atoms with E-state index in [1.54, 1.807) is 24.5 Å². The maximum Gasteiger partial charge on any atom is 0.139 e. The highest BCUT2D eigenvalue weighted by Gasteiger charge is 2.28. The van der Waals surface area contributed by atoms with Crippen molar-refractivity contribution in [3.8, 4) is 0 Å². The predicted molar refractivity (Wildman–Crippen MR) is 88.6 cm³/mol. The van der Waals surface area contributed by atoms with Gasteiger partial charge in [0.05, 0.1) is 47.3 Å². The molecule has 1 fully saturated rings. The minimum Gasteiger partial charge on any atom is -0.394 e. The molecule has 6 nitrogen and oxygen atoms in total. The highest BCUT2D eigenvalue weighted by Crippen LogP contribution is 2.35. The molecule has 0 radical (unpaired) electrons. The third-order valence-electron chi connectivity index (χ3n) is 4.44. The van der Waals surface area contributed by atoms with Crippen LogP contribution in [-0.4, -0.2) is 44.1 Å². The fraction of sp³-hybridized carbons (Fsp3) is 0.500. The van der Waals surface area contributed by atoms with E-state index in [9.17, 15) is 10.2 Å². The van der Waals surface area contributed by atoms with E-state index in [2.05, 4.69) is 14.5 Å². The Labute approximate surface area is 137 Å². The van der Waals surface area contributed by atoms with Gasteiger partial charge in [0.2, 0.25) is 0 Å². The number of pyridine rings is 1. The van der Waals surface area contributed by atoms with Gasteiger partial charge in [0, 0.05) is 0 Å². The molecule has 2 N–H and O–H groups in total. The summed E-state index contributed by atoms with van der Waals surface area (Å²) in [5, 5.41) is 21.4. The number of aromatic nitrogens is 3. The van der Waals surface area contributed by atoms with Gasteiger partial charge >= 0.3 is 0 Å². The van der Waals surface area contributed by atoms with Crippen molar-refractivity contribution in [3.63, 3.8) is 0 Å². The molecule has 122 valence electrons. The Morgan fingerprint density at radius 2 is 2.30 bits per heavy atom. The van der Waals surface area contributed by atoms with Crippen LogP contribution in [0.3, 0.4) is 0 Å². The normalized spacial score (nSPS) is 23.6. The zero-order valence-corrected chi connectivity index (χ0v) is 13.7. The lowest BCUT2D eigenvalue weighted by atomic mass is 10.0. The van der Waals surface area contributed by atoms with E-state index in [0.717, 1.165) is 34.1 Å². The summed E-state index contributed by atoms with van der Waals surface area (Å²) in [6.07, 6.45) is 2.73. The fourth-order valence-corrected chi connectivity index (χ4v) is 4.19. The number of hydrogen-bond acceptors (Lipinski definition) is 6. The number of ether oxygens (including phenoxy) is 1. The second-order valence-corrected chi connectivity index (χ2v) is 6.93. The van der Waals surface area contributed by atoms with Crippen molar-refractivity contribution in [3.05, 3.63) is 23.5 Å². The summed E-state index contributed by atoms with van der Waals surface area (Å²) in [5.74, 6) is 0.652. The number of hydrogen-bond donors (Lipinski definition) is 2. The molecule has 0 aromatic carbocycles. The Hall–Kier alpha value is -1.54. The lowest BCUT2D eigenvalue weighted by Gasteiger charge is -2.30. The molecule has 0 unspecified atom stereocenters. The molecule has 1 aliphatic heterocycles. The van der Waals surface area contributed by atoms with Crippen LogP contribution in [0.1, 0.15) is 37.7 Å². The highest BCUT2D eigenvalue weighted by molar-refractivity contribution is 7.18. The third kappa shape index (κ3) is 2.44. The van der Waals surface area contributed by atoms with Crippen LogP contribution in [0.4, 0.5) is 0 Å². The number of rotatable bonds is 3. The molecular formula is C16H19N3O3S. The lowest BCUT2D eigenvalue weighted by Crippen LogP contribution is -2.31. The molecule has 0 bridgehead atoms. The Kier molecular flexibility index (Phi) is 3.81. The Morgan fingerprint density at radius 3 is 3.00 bits per heavy atom. The van der Waals surface area contributed by atoms with Gasteiger partial charge in [0.1, 0.15) is 17.4 Å². The molecule has 3 aromatic heterocycles. The molecule has 3 atom stereocenters. The number of thiophene rings is 1. The van der Waals surface area contributed by atoms with Crippen LogP contribution in [0, 0.1) is 0 Å². The number of aliphatic hydroxyl groups excluding tert-OH is 2. The van der Waals surface area contributed by atoms with Gasteiger partial charge in [-0.05, 0) is 31.2 Å². The largest absolute Gasteiger partial charge is 0.394 e. The summed E-state index contributed by atoms with van der Waals surface area (Å²) in [4.78, 5) is 9.05. The molecule has 1 aliphatic rings. The first-order valence-electron chi connectivity index (χ1n) is 7.83. The van der Waals surface area contributed by atoms with Crippen molar-refractivity contribution in [2.45, 2.75) is 38.0 Å². The smallest absolute Gasteiger partial charge is 0.139 e. The standard InChI is InChI=1S/C16H19N3O3S/c1-9(21)16-18-13-6-17-12-4-5-23-15(12)14(13)19(16)10-2-3-11(7-20)22-8-10/h4-6,9-11,20-21H,2-3,7-8H2,1H3/t9-,10-,11+/m0/s1. The number of aliphatic hydroxyl groups is 2. The Morgan fingerprint density at radius 1 is 1.43 bits per heavy atom. The topological polar surface area (TPSA) is 80.4 Å². The molecule has 4 heterocycles. The maximum atomic E-state index is 10.2. The fourth-order valence-electron chi connectivity index (χ4n) is 3.30. The number of fused-ring (bicyclic) bond motifs is 3. The van der Waals surface area contributed by atoms with Crippen LogP contribution < -0.4 is 0 Å². The molecule has 7 heteroatoms. The van der Waals surface area contributed by atoms with E-state index < -0.39 is 6.10 Å². The molecule has 4 rings (SSSR count). The zero-order valence-electron chi connectivity index (χ0n) is 12.8. The SMILES string of the molecule is C[C@H](O)c1nc2cnc3ccsc3c2n1[C@H]1CC[C@H](CO)OC1. The van der Waals surface area contributed by atoms with Gasteiger partial charge in [-0.2, -0.15) is 0 Å². The van der Waals surface area contributed by atoms with E-state index in [1.807, 2.05) is 11.4 Å². The molecule has 0 amide bonds. The molecular weight excluding hydrogens is 314 g/mol. The molecule has 23 heavy (non-hydrogen) atoms. The summed E-state index contributed by atoms with van der Waals surface area (Å²) in [6, 6.07) is 2.11. The van der Waals surface area contributed by atoms with Crippen molar-refractivity contribution in [1.29, 1.82) is 0 Å². The van der Waals surface area contributed by atoms with Crippen molar-refractivity contribution in [1.82, 2.24) is 14.5 Å². The van der Waals surface area contributed by atoms with Crippen molar-refractivity contribution in [2.75, 3.05) is 13.2 Å². The molecule has 3 aromatic rings. The average Bonchev–Trinajstić information content (AvgIpc) is 3.18. The number of imidazole rings is 1. The molecule has 1 saturated heterocycles. The van der Waals surface area contributed by atoms with Crippen LogP contribution >= 0.6 is 11.3 Å². The van der Waals surface area contributed by atoms with E-state index >= 15 is 0 Å². The second-order valence-electron chi connectivity index (χ2n) is 6.01. The predicted octanol–water partition coefficient (Wildman–Crippen LogP) is 2.41. The monoisotopic (exact) mass is 333 g/mol. The Balaban J connectivity index is 1.88. The van der Waals surface area contributed by atoms with Gasteiger partial charge in [-0.3, -0.25) is 4.98 Å². The molecule has 0 aliphatic carbocycles. The number of nitrogens with zero attached hydrogens (tertiary/aromatic N) is 3. The van der Waals surface area contributed by atoms with Gasteiger partial charge < -0.3 is 19.5 Å². The van der Waals surface area contributed by atoms with Crippen LogP contribution in [0.5, 0.6) is 0 Å². The lowest BCUT2D eigenvalue weighted by molar-refractivity contribution is -0.0395. The summed E-state index contributed by atoms with van der Waals surface area (Å²) >= 11 is 1.64. The third-order valence-corrected chi connectivity index (χ3v) is 5.35. The summed E-state index contributed by atoms with van der Waals surface area (Å²) < 4.78 is 8.96. The second kappa shape index (κ2) is 5.83. The first kappa shape index (κ1) is 15.0. The Bertz CT molecular complexity index is 834. The van der Waals surface area contributed by atoms with Gasteiger partial charge in [-0.1, -0.05) is 0 Å². The van der Waals surface area contributed by atoms with E-state index in [1.165, 1.54) is 0 Å². The van der Waals surface area contributed by atoms with E-state index in [-0.39, 0.29) is 18.8 Å². The van der Waals surface area contributed by atoms with Gasteiger partial charge in [-0.15, -0.1) is 11.3 Å². The van der Waals surface area contributed by atoms with Crippen LogP contribution in [0.2, 0.25) is 0 Å². The van der Waals surface area contributed by atoms with Gasteiger partial charge in [0.25, 0.3) is 0 Å². The molecule has 0 saturated carbocycles. The van der Waals surface area contributed by atoms with Crippen LogP contribution in [-0.2, 0) is 4.74 Å². The average molecular weight is 333 g/mol. The van der Waals surface area contributed by atoms with Crippen molar-refractivity contribution >= 4 is 32.6 Å². The summed E-state index contributed by atoms with van der Waals surface area (Å²) in [5.41, 5.74) is 2.78. The minimum atomic E-state index is -0.659. The van der Waals surface area contributed by atoms with Crippen molar-refractivity contribution in [2.24, 2.45) is 0 Å². The highest BCUT2D eigenvalue weighted by atomic mass is 32.1. The maximum absolute atomic E-state index is 10.2. The van der Waals surface area contributed by atoms with E-state index in [4.69, 9.17) is 4.74 Å². The van der Waals surface area contributed by atoms with E-state index in [0.29, 0.717) is 12.4 Å². The summed E-state index contributed by atoms with van der Waals surface area (Å²) in [6.45, 7) is 2.31. The van der Waals surface area contributed by atoms with Crippen LogP contribution in [0.15, 0.2) is 17.6 Å². The van der Waals surface area contributed by atoms with Crippen molar-refractivity contribution < 1.29 is 14.9 Å². The first-order valence-corrected chi connectivity index (χ1v) is 8.71. The minimum absolute atomic E-state index is 0.0553. The van der Waals surface area contributed by atoms with Crippen LogP contribution in [0.25, 0.3) is 21.3 Å². The quantitative estimate of drug-likeness (QED) is 0.769. The van der Waals surface area contributed by atoms with Gasteiger partial charge in [-0.25, -0.2) is 4.98 Å². The first-order chi connectivity index (χ1) is 11.2.